The molecule has 0 bridgehead atoms. The lowest BCUT2D eigenvalue weighted by Gasteiger charge is -2.39. The van der Waals surface area contributed by atoms with Crippen molar-refractivity contribution in [3.8, 4) is 0 Å². The van der Waals surface area contributed by atoms with Crippen LogP contribution < -0.4 is 10.2 Å². The molecule has 6 nitrogen and oxygen atoms in total. The molecule has 178 valence electrons. The molecule has 2 heterocycles. The van der Waals surface area contributed by atoms with E-state index >= 15 is 0 Å². The van der Waals surface area contributed by atoms with E-state index in [1.807, 2.05) is 18.2 Å². The van der Waals surface area contributed by atoms with Crippen LogP contribution in [-0.2, 0) is 4.74 Å². The quantitative estimate of drug-likeness (QED) is 0.551. The van der Waals surface area contributed by atoms with Crippen LogP contribution in [0.3, 0.4) is 0 Å². The zero-order valence-corrected chi connectivity index (χ0v) is 21.1. The average molecular weight is 512 g/mol. The van der Waals surface area contributed by atoms with Crippen molar-refractivity contribution in [2.45, 2.75) is 25.4 Å². The normalized spacial score (nSPS) is 20.1. The van der Waals surface area contributed by atoms with Gasteiger partial charge in [0.05, 0.1) is 23.9 Å². The molecule has 0 aliphatic carbocycles. The fourth-order valence-corrected chi connectivity index (χ4v) is 5.41. The molecular weight excluding hydrogens is 483 g/mol. The average Bonchev–Trinajstić information content (AvgIpc) is 3.30. The zero-order chi connectivity index (χ0) is 23.5. The smallest absolute Gasteiger partial charge is 0.409 e. The topological polar surface area (TPSA) is 48.1 Å². The lowest BCUT2D eigenvalue weighted by Crippen LogP contribution is -2.51. The highest BCUT2D eigenvalue weighted by molar-refractivity contribution is 6.35. The number of likely N-dealkylation sites (tertiary alicyclic amines) is 1. The third-order valence-corrected chi connectivity index (χ3v) is 7.43. The number of hydrogen-bond donors (Lipinski definition) is 1. The third-order valence-electron chi connectivity index (χ3n) is 6.54. The second-order valence-corrected chi connectivity index (χ2v) is 9.83. The molecule has 2 atom stereocenters. The minimum absolute atomic E-state index is 0.0283. The van der Waals surface area contributed by atoms with Crippen molar-refractivity contribution in [2.75, 3.05) is 56.6 Å². The highest BCUT2D eigenvalue weighted by atomic mass is 35.5. The molecule has 4 rings (SSSR count). The Morgan fingerprint density at radius 3 is 2.48 bits per heavy atom. The number of hydrogen-bond acceptors (Lipinski definition) is 5. The number of anilines is 2. The van der Waals surface area contributed by atoms with Crippen LogP contribution in [0.5, 0.6) is 0 Å². The van der Waals surface area contributed by atoms with Gasteiger partial charge in [0.15, 0.2) is 0 Å². The molecule has 9 heteroatoms. The third kappa shape index (κ3) is 5.62. The molecule has 2 unspecified atom stereocenters. The summed E-state index contributed by atoms with van der Waals surface area (Å²) in [7, 11) is 1.44. The number of nitrogens with zero attached hydrogens (tertiary/aromatic N) is 3. The van der Waals surface area contributed by atoms with Crippen LogP contribution in [0.4, 0.5) is 16.2 Å². The number of carbonyl (C=O) groups excluding carboxylic acids is 1. The van der Waals surface area contributed by atoms with Crippen LogP contribution in [0.15, 0.2) is 36.4 Å². The lowest BCUT2D eigenvalue weighted by atomic mass is 10.1. The van der Waals surface area contributed by atoms with Gasteiger partial charge in [0.2, 0.25) is 0 Å². The van der Waals surface area contributed by atoms with Gasteiger partial charge in [0.1, 0.15) is 0 Å². The van der Waals surface area contributed by atoms with Gasteiger partial charge in [-0.2, -0.15) is 0 Å². The Balaban J connectivity index is 1.38. The van der Waals surface area contributed by atoms with Gasteiger partial charge in [0, 0.05) is 61.0 Å². The monoisotopic (exact) mass is 510 g/mol. The SMILES string of the molecule is COC(=O)N1CCC(N2CCN(c3ccc(Cl)c(NC(C)c4ccc(Cl)cc4Cl)c3)CC2)C1. The van der Waals surface area contributed by atoms with Gasteiger partial charge in [0.25, 0.3) is 0 Å². The van der Waals surface area contributed by atoms with Gasteiger partial charge in [-0.15, -0.1) is 0 Å². The van der Waals surface area contributed by atoms with Crippen molar-refractivity contribution >= 4 is 52.3 Å². The molecule has 2 aliphatic rings. The van der Waals surface area contributed by atoms with E-state index in [4.69, 9.17) is 39.5 Å². The van der Waals surface area contributed by atoms with Gasteiger partial charge in [-0.3, -0.25) is 4.90 Å². The van der Waals surface area contributed by atoms with E-state index in [1.165, 1.54) is 7.11 Å². The van der Waals surface area contributed by atoms with Crippen LogP contribution in [-0.4, -0.2) is 68.3 Å². The first-order valence-corrected chi connectivity index (χ1v) is 12.3. The van der Waals surface area contributed by atoms with Gasteiger partial charge < -0.3 is 19.9 Å². The van der Waals surface area contributed by atoms with Crippen LogP contribution in [0.1, 0.15) is 24.9 Å². The number of methoxy groups -OCH3 is 1. The molecule has 1 amide bonds. The fourth-order valence-electron chi connectivity index (χ4n) is 4.66. The second kappa shape index (κ2) is 10.6. The second-order valence-electron chi connectivity index (χ2n) is 8.58. The maximum absolute atomic E-state index is 11.8. The first kappa shape index (κ1) is 24.3. The number of nitrogens with one attached hydrogen (secondary N) is 1. The maximum Gasteiger partial charge on any atom is 0.409 e. The largest absolute Gasteiger partial charge is 0.453 e. The molecule has 0 spiro atoms. The van der Waals surface area contributed by atoms with Gasteiger partial charge in [-0.05, 0) is 49.2 Å². The van der Waals surface area contributed by atoms with Crippen molar-refractivity contribution in [3.63, 3.8) is 0 Å². The summed E-state index contributed by atoms with van der Waals surface area (Å²) < 4.78 is 4.86. The Bertz CT molecular complexity index is 998. The number of ether oxygens (including phenoxy) is 1. The minimum atomic E-state index is -0.230. The van der Waals surface area contributed by atoms with Crippen LogP contribution in [0.25, 0.3) is 0 Å². The molecule has 2 aromatic carbocycles. The lowest BCUT2D eigenvalue weighted by molar-refractivity contribution is 0.125. The van der Waals surface area contributed by atoms with E-state index in [0.29, 0.717) is 21.1 Å². The predicted molar refractivity (Wildman–Crippen MR) is 136 cm³/mol. The number of halogens is 3. The van der Waals surface area contributed by atoms with Gasteiger partial charge in [-0.25, -0.2) is 4.79 Å². The molecule has 0 saturated carbocycles. The maximum atomic E-state index is 11.8. The first-order valence-electron chi connectivity index (χ1n) is 11.2. The highest BCUT2D eigenvalue weighted by Gasteiger charge is 2.32. The Kier molecular flexibility index (Phi) is 7.80. The number of carbonyl (C=O) groups is 1. The Morgan fingerprint density at radius 2 is 1.79 bits per heavy atom. The molecule has 2 saturated heterocycles. The summed E-state index contributed by atoms with van der Waals surface area (Å²) in [6, 6.07) is 12.0. The summed E-state index contributed by atoms with van der Waals surface area (Å²) >= 11 is 18.9. The highest BCUT2D eigenvalue weighted by Crippen LogP contribution is 2.33. The Labute approximate surface area is 210 Å². The number of rotatable bonds is 5. The number of piperazine rings is 1. The zero-order valence-electron chi connectivity index (χ0n) is 18.9. The van der Waals surface area contributed by atoms with Crippen molar-refractivity contribution in [3.05, 3.63) is 57.0 Å². The summed E-state index contributed by atoms with van der Waals surface area (Å²) in [6.07, 6.45) is 0.765. The van der Waals surface area contributed by atoms with Crippen molar-refractivity contribution in [1.29, 1.82) is 0 Å². The predicted octanol–water partition coefficient (Wildman–Crippen LogP) is 5.78. The molecule has 0 aromatic heterocycles. The summed E-state index contributed by atoms with van der Waals surface area (Å²) in [5, 5.41) is 5.41. The summed E-state index contributed by atoms with van der Waals surface area (Å²) in [5.41, 5.74) is 2.98. The molecule has 33 heavy (non-hydrogen) atoms. The van der Waals surface area contributed by atoms with Crippen molar-refractivity contribution in [2.24, 2.45) is 0 Å². The first-order chi connectivity index (χ1) is 15.9. The van der Waals surface area contributed by atoms with E-state index in [0.717, 1.165) is 62.6 Å². The Morgan fingerprint density at radius 1 is 1.03 bits per heavy atom. The van der Waals surface area contributed by atoms with E-state index < -0.39 is 0 Å². The van der Waals surface area contributed by atoms with Crippen LogP contribution in [0, 0.1) is 0 Å². The van der Waals surface area contributed by atoms with Crippen molar-refractivity contribution < 1.29 is 9.53 Å². The molecule has 2 aromatic rings. The van der Waals surface area contributed by atoms with Crippen molar-refractivity contribution in [1.82, 2.24) is 9.80 Å². The summed E-state index contributed by atoms with van der Waals surface area (Å²) in [5.74, 6) is 0. The Hall–Kier alpha value is -1.86. The van der Waals surface area contributed by atoms with Crippen LogP contribution in [0.2, 0.25) is 15.1 Å². The molecule has 2 aliphatic heterocycles. The van der Waals surface area contributed by atoms with E-state index in [-0.39, 0.29) is 12.1 Å². The molecular formula is C24H29Cl3N4O2. The van der Waals surface area contributed by atoms with Gasteiger partial charge in [-0.1, -0.05) is 40.9 Å². The van der Waals surface area contributed by atoms with E-state index in [2.05, 4.69) is 34.2 Å². The molecule has 1 N–H and O–H groups in total. The molecule has 2 fully saturated rings. The minimum Gasteiger partial charge on any atom is -0.453 e. The molecule has 0 radical (unpaired) electrons. The van der Waals surface area contributed by atoms with Gasteiger partial charge >= 0.3 is 6.09 Å². The van der Waals surface area contributed by atoms with E-state index in [9.17, 15) is 4.79 Å². The number of benzene rings is 2. The summed E-state index contributed by atoms with van der Waals surface area (Å²) in [6.45, 7) is 7.33. The summed E-state index contributed by atoms with van der Waals surface area (Å²) in [4.78, 5) is 18.4. The number of amides is 1. The fraction of sp³-hybridized carbons (Fsp3) is 0.458. The van der Waals surface area contributed by atoms with E-state index in [1.54, 1.807) is 11.0 Å². The standard InChI is InChI=1S/C24H29Cl3N4O2/c1-16(20-5-3-17(25)13-22(20)27)28-23-14-18(4-6-21(23)26)29-9-11-30(12-10-29)19-7-8-31(15-19)24(32)33-2/h3-6,13-14,16,19,28H,7-12,15H2,1-2H3. The van der Waals surface area contributed by atoms with Crippen LogP contribution >= 0.6 is 34.8 Å².